The van der Waals surface area contributed by atoms with Gasteiger partial charge in [-0.25, -0.2) is 4.39 Å². The number of hydrogen-bond donors (Lipinski definition) is 1. The third kappa shape index (κ3) is 6.65. The average Bonchev–Trinajstić information content (AvgIpc) is 2.86. The molecule has 1 atom stereocenters. The molecule has 0 spiro atoms. The topological polar surface area (TPSA) is 58.6 Å². The number of carbonyl (C=O) groups excluding carboxylic acids is 2. The fourth-order valence-electron chi connectivity index (χ4n) is 3.58. The standard InChI is InChI=1S/C27H29FN2O3/c1-3-20-13-15-23(16-14-20)33-19-26(31)30(18-22-11-7-8-12-24(22)28)25(27(32)29-2)17-21-9-5-4-6-10-21/h4-16,25H,3,17-19H2,1-2H3,(H,29,32). The van der Waals surface area contributed by atoms with E-state index in [2.05, 4.69) is 12.2 Å². The van der Waals surface area contributed by atoms with Gasteiger partial charge in [-0.05, 0) is 35.7 Å². The number of halogens is 1. The Bertz CT molecular complexity index is 1050. The van der Waals surface area contributed by atoms with E-state index in [1.807, 2.05) is 54.6 Å². The number of amides is 2. The predicted octanol–water partition coefficient (Wildman–Crippen LogP) is 4.15. The fourth-order valence-corrected chi connectivity index (χ4v) is 3.58. The Morgan fingerprint density at radius 3 is 2.24 bits per heavy atom. The number of ether oxygens (including phenoxy) is 1. The van der Waals surface area contributed by atoms with Gasteiger partial charge < -0.3 is 15.0 Å². The molecule has 33 heavy (non-hydrogen) atoms. The SMILES string of the molecule is CCc1ccc(OCC(=O)N(Cc2ccccc2F)C(Cc2ccccc2)C(=O)NC)cc1. The van der Waals surface area contributed by atoms with Crippen LogP contribution < -0.4 is 10.1 Å². The van der Waals surface area contributed by atoms with E-state index in [9.17, 15) is 14.0 Å². The van der Waals surface area contributed by atoms with Gasteiger partial charge in [0.05, 0.1) is 0 Å². The molecule has 0 bridgehead atoms. The number of hydrogen-bond acceptors (Lipinski definition) is 3. The van der Waals surface area contributed by atoms with E-state index in [4.69, 9.17) is 4.74 Å². The van der Waals surface area contributed by atoms with Crippen LogP contribution in [0.15, 0.2) is 78.9 Å². The Morgan fingerprint density at radius 1 is 0.939 bits per heavy atom. The lowest BCUT2D eigenvalue weighted by Gasteiger charge is -2.31. The average molecular weight is 449 g/mol. The van der Waals surface area contributed by atoms with Gasteiger partial charge in [-0.2, -0.15) is 0 Å². The lowest BCUT2D eigenvalue weighted by atomic mass is 10.0. The van der Waals surface area contributed by atoms with Gasteiger partial charge in [0.1, 0.15) is 17.6 Å². The molecule has 172 valence electrons. The molecule has 1 unspecified atom stereocenters. The summed E-state index contributed by atoms with van der Waals surface area (Å²) in [6.45, 7) is 1.75. The van der Waals surface area contributed by atoms with Gasteiger partial charge in [0.25, 0.3) is 5.91 Å². The third-order valence-electron chi connectivity index (χ3n) is 5.51. The lowest BCUT2D eigenvalue weighted by Crippen LogP contribution is -2.51. The van der Waals surface area contributed by atoms with Crippen molar-refractivity contribution in [1.82, 2.24) is 10.2 Å². The highest BCUT2D eigenvalue weighted by Crippen LogP contribution is 2.18. The molecule has 3 rings (SSSR count). The summed E-state index contributed by atoms with van der Waals surface area (Å²) in [7, 11) is 1.53. The largest absolute Gasteiger partial charge is 0.484 e. The molecular formula is C27H29FN2O3. The van der Waals surface area contributed by atoms with Crippen molar-refractivity contribution < 1.29 is 18.7 Å². The van der Waals surface area contributed by atoms with E-state index in [-0.39, 0.29) is 19.1 Å². The summed E-state index contributed by atoms with van der Waals surface area (Å²) >= 11 is 0. The minimum absolute atomic E-state index is 0.0471. The van der Waals surface area contributed by atoms with Crippen molar-refractivity contribution in [3.05, 3.63) is 101 Å². The highest BCUT2D eigenvalue weighted by Gasteiger charge is 2.30. The first-order valence-electron chi connectivity index (χ1n) is 11.0. The quantitative estimate of drug-likeness (QED) is 0.507. The van der Waals surface area contributed by atoms with E-state index < -0.39 is 17.8 Å². The van der Waals surface area contributed by atoms with Crippen molar-refractivity contribution in [2.45, 2.75) is 32.4 Å². The number of rotatable bonds is 10. The second-order valence-electron chi connectivity index (χ2n) is 7.72. The summed E-state index contributed by atoms with van der Waals surface area (Å²) in [5.74, 6) is -0.592. The van der Waals surface area contributed by atoms with Crippen LogP contribution in [0.5, 0.6) is 5.75 Å². The van der Waals surface area contributed by atoms with Crippen molar-refractivity contribution in [3.63, 3.8) is 0 Å². The molecule has 0 saturated heterocycles. The van der Waals surface area contributed by atoms with Crippen LogP contribution >= 0.6 is 0 Å². The van der Waals surface area contributed by atoms with Crippen LogP contribution in [-0.4, -0.2) is 36.4 Å². The Hall–Kier alpha value is -3.67. The number of benzene rings is 3. The van der Waals surface area contributed by atoms with E-state index in [0.29, 0.717) is 17.7 Å². The maximum atomic E-state index is 14.4. The molecule has 0 aliphatic heterocycles. The summed E-state index contributed by atoms with van der Waals surface area (Å²) in [5.41, 5.74) is 2.39. The Balaban J connectivity index is 1.86. The first kappa shape index (κ1) is 24.0. The summed E-state index contributed by atoms with van der Waals surface area (Å²) < 4.78 is 20.2. The van der Waals surface area contributed by atoms with Crippen molar-refractivity contribution in [2.24, 2.45) is 0 Å². The molecule has 2 amide bonds. The Labute approximate surface area is 194 Å². The molecule has 0 radical (unpaired) electrons. The predicted molar refractivity (Wildman–Crippen MR) is 126 cm³/mol. The molecule has 6 heteroatoms. The van der Waals surface area contributed by atoms with Gasteiger partial charge in [-0.3, -0.25) is 9.59 Å². The minimum Gasteiger partial charge on any atom is -0.484 e. The third-order valence-corrected chi connectivity index (χ3v) is 5.51. The minimum atomic E-state index is -0.824. The smallest absolute Gasteiger partial charge is 0.261 e. The van der Waals surface area contributed by atoms with E-state index >= 15 is 0 Å². The van der Waals surface area contributed by atoms with Gasteiger partial charge >= 0.3 is 0 Å². The maximum absolute atomic E-state index is 14.4. The van der Waals surface area contributed by atoms with Crippen LogP contribution in [0.1, 0.15) is 23.6 Å². The molecule has 0 aliphatic rings. The first-order valence-corrected chi connectivity index (χ1v) is 11.0. The number of likely N-dealkylation sites (N-methyl/N-ethyl adjacent to an activating group) is 1. The van der Waals surface area contributed by atoms with Gasteiger partial charge in [0, 0.05) is 25.6 Å². The molecule has 0 heterocycles. The first-order chi connectivity index (χ1) is 16.0. The second kappa shape index (κ2) is 11.8. The molecule has 1 N–H and O–H groups in total. The van der Waals surface area contributed by atoms with Gasteiger partial charge in [0.15, 0.2) is 6.61 Å². The summed E-state index contributed by atoms with van der Waals surface area (Å²) in [5, 5.41) is 2.64. The second-order valence-corrected chi connectivity index (χ2v) is 7.72. The summed E-state index contributed by atoms with van der Waals surface area (Å²) in [6, 6.07) is 22.4. The number of nitrogens with one attached hydrogen (secondary N) is 1. The molecule has 0 aromatic heterocycles. The van der Waals surface area contributed by atoms with Crippen LogP contribution in [0.4, 0.5) is 4.39 Å². The molecule has 0 saturated carbocycles. The van der Waals surface area contributed by atoms with Gasteiger partial charge in [0.2, 0.25) is 5.91 Å². The molecule has 0 aliphatic carbocycles. The van der Waals surface area contributed by atoms with E-state index in [1.54, 1.807) is 18.2 Å². The highest BCUT2D eigenvalue weighted by atomic mass is 19.1. The number of carbonyl (C=O) groups is 2. The summed E-state index contributed by atoms with van der Waals surface area (Å²) in [4.78, 5) is 27.5. The number of nitrogens with zero attached hydrogens (tertiary/aromatic N) is 1. The van der Waals surface area contributed by atoms with Crippen molar-refractivity contribution >= 4 is 11.8 Å². The van der Waals surface area contributed by atoms with Crippen molar-refractivity contribution in [1.29, 1.82) is 0 Å². The zero-order valence-corrected chi connectivity index (χ0v) is 19.0. The van der Waals surface area contributed by atoms with E-state index in [0.717, 1.165) is 17.5 Å². The van der Waals surface area contributed by atoms with Gasteiger partial charge in [-0.15, -0.1) is 0 Å². The highest BCUT2D eigenvalue weighted by molar-refractivity contribution is 5.88. The van der Waals surface area contributed by atoms with Crippen LogP contribution in [0, 0.1) is 5.82 Å². The molecular weight excluding hydrogens is 419 g/mol. The molecule has 3 aromatic carbocycles. The van der Waals surface area contributed by atoms with Crippen LogP contribution in [0.25, 0.3) is 0 Å². The van der Waals surface area contributed by atoms with Crippen LogP contribution in [0.3, 0.4) is 0 Å². The lowest BCUT2D eigenvalue weighted by molar-refractivity contribution is -0.142. The van der Waals surface area contributed by atoms with Crippen LogP contribution in [-0.2, 0) is 29.0 Å². The zero-order chi connectivity index (χ0) is 23.6. The fraction of sp³-hybridized carbons (Fsp3) is 0.259. The van der Waals surface area contributed by atoms with Crippen molar-refractivity contribution in [3.8, 4) is 5.75 Å². The molecule has 3 aromatic rings. The summed E-state index contributed by atoms with van der Waals surface area (Å²) in [6.07, 6.45) is 1.20. The number of aryl methyl sites for hydroxylation is 1. The molecule has 0 fully saturated rings. The monoisotopic (exact) mass is 448 g/mol. The Morgan fingerprint density at radius 2 is 1.61 bits per heavy atom. The van der Waals surface area contributed by atoms with Gasteiger partial charge in [-0.1, -0.05) is 67.6 Å². The Kier molecular flexibility index (Phi) is 8.58. The molecule has 5 nitrogen and oxygen atoms in total. The van der Waals surface area contributed by atoms with Crippen molar-refractivity contribution in [2.75, 3.05) is 13.7 Å². The van der Waals surface area contributed by atoms with Crippen LogP contribution in [0.2, 0.25) is 0 Å². The maximum Gasteiger partial charge on any atom is 0.261 e. The zero-order valence-electron chi connectivity index (χ0n) is 19.0. The van der Waals surface area contributed by atoms with E-state index in [1.165, 1.54) is 18.0 Å². The normalized spacial score (nSPS) is 11.5.